The molecule has 0 aliphatic carbocycles. The molecule has 0 radical (unpaired) electrons. The van der Waals surface area contributed by atoms with Crippen molar-refractivity contribution in [2.75, 3.05) is 5.75 Å². The molecule has 30 heavy (non-hydrogen) atoms. The molecule has 4 nitrogen and oxygen atoms in total. The maximum Gasteiger partial charge on any atom is 0.173 e. The van der Waals surface area contributed by atoms with Crippen LogP contribution in [0.1, 0.15) is 41.3 Å². The maximum absolute atomic E-state index is 13.4. The average Bonchev–Trinajstić information content (AvgIpc) is 2.72. The fourth-order valence-corrected chi connectivity index (χ4v) is 4.43. The Hall–Kier alpha value is -3.17. The second kappa shape index (κ2) is 9.10. The highest BCUT2D eigenvalue weighted by Crippen LogP contribution is 2.40. The second-order valence-electron chi connectivity index (χ2n) is 7.14. The van der Waals surface area contributed by atoms with Crippen LogP contribution in [0, 0.1) is 24.1 Å². The summed E-state index contributed by atoms with van der Waals surface area (Å²) < 4.78 is 13.4. The molecule has 0 amide bonds. The highest BCUT2D eigenvalue weighted by Gasteiger charge is 2.33. The van der Waals surface area contributed by atoms with Crippen LogP contribution in [0.2, 0.25) is 0 Å². The van der Waals surface area contributed by atoms with Gasteiger partial charge in [-0.25, -0.2) is 4.39 Å². The number of rotatable bonds is 6. The van der Waals surface area contributed by atoms with Gasteiger partial charge in [0.25, 0.3) is 0 Å². The number of nitrogens with zero attached hydrogens (tertiary/aromatic N) is 1. The van der Waals surface area contributed by atoms with Gasteiger partial charge in [-0.1, -0.05) is 53.7 Å². The number of hydrogen-bond donors (Lipinski definition) is 1. The van der Waals surface area contributed by atoms with E-state index in [1.807, 2.05) is 19.1 Å². The zero-order valence-corrected chi connectivity index (χ0v) is 17.8. The molecule has 152 valence electrons. The number of Topliss-reactive ketones (excluding diaryl/α,β-unsaturated/α-hetero) is 2. The molecular weight excluding hydrogens is 399 g/mol. The molecule has 1 unspecified atom stereocenters. The predicted molar refractivity (Wildman–Crippen MR) is 116 cm³/mol. The quantitative estimate of drug-likeness (QED) is 0.664. The Bertz CT molecular complexity index is 1090. The predicted octanol–water partition coefficient (Wildman–Crippen LogP) is 5.04. The molecule has 0 saturated heterocycles. The maximum atomic E-state index is 13.4. The number of carbonyl (C=O) groups excluding carboxylic acids is 2. The van der Waals surface area contributed by atoms with Gasteiger partial charge >= 0.3 is 0 Å². The summed E-state index contributed by atoms with van der Waals surface area (Å²) in [4.78, 5) is 24.9. The lowest BCUT2D eigenvalue weighted by molar-refractivity contribution is -0.113. The fourth-order valence-electron chi connectivity index (χ4n) is 3.44. The summed E-state index contributed by atoms with van der Waals surface area (Å²) in [6.45, 7) is 5.17. The van der Waals surface area contributed by atoms with Crippen molar-refractivity contribution in [1.82, 2.24) is 5.32 Å². The molecule has 1 atom stereocenters. The first-order valence-corrected chi connectivity index (χ1v) is 10.4. The Balaban J connectivity index is 1.94. The van der Waals surface area contributed by atoms with Gasteiger partial charge in [-0.05, 0) is 38.5 Å². The Labute approximate surface area is 179 Å². The van der Waals surface area contributed by atoms with E-state index in [-0.39, 0.29) is 17.3 Å². The number of allylic oxidation sites excluding steroid dienone is 3. The van der Waals surface area contributed by atoms with Crippen LogP contribution in [-0.4, -0.2) is 17.3 Å². The molecule has 1 heterocycles. The van der Waals surface area contributed by atoms with E-state index in [4.69, 9.17) is 0 Å². The smallest absolute Gasteiger partial charge is 0.173 e. The molecule has 1 aliphatic heterocycles. The number of halogens is 1. The SMILES string of the molecule is CC(=O)C1=C(C)NC(SCC(=O)c2ccc(C)cc2)=C(C#N)C1c1ccc(F)cc1. The molecule has 0 saturated carbocycles. The highest BCUT2D eigenvalue weighted by molar-refractivity contribution is 8.03. The van der Waals surface area contributed by atoms with Crippen molar-refractivity contribution in [1.29, 1.82) is 5.26 Å². The van der Waals surface area contributed by atoms with Crippen LogP contribution in [0.25, 0.3) is 0 Å². The Kier molecular flexibility index (Phi) is 6.53. The minimum atomic E-state index is -0.605. The third kappa shape index (κ3) is 4.52. The van der Waals surface area contributed by atoms with Gasteiger partial charge in [0.15, 0.2) is 11.6 Å². The molecule has 0 aromatic heterocycles. The summed E-state index contributed by atoms with van der Waals surface area (Å²) in [7, 11) is 0. The molecule has 0 spiro atoms. The van der Waals surface area contributed by atoms with E-state index in [2.05, 4.69) is 11.4 Å². The van der Waals surface area contributed by atoms with E-state index in [0.717, 1.165) is 5.56 Å². The van der Waals surface area contributed by atoms with E-state index in [1.54, 1.807) is 31.2 Å². The van der Waals surface area contributed by atoms with Crippen LogP contribution in [0.15, 0.2) is 70.4 Å². The molecule has 0 bridgehead atoms. The van der Waals surface area contributed by atoms with Gasteiger partial charge in [-0.15, -0.1) is 0 Å². The molecule has 6 heteroatoms. The van der Waals surface area contributed by atoms with Gasteiger partial charge < -0.3 is 5.32 Å². The van der Waals surface area contributed by atoms with Crippen LogP contribution >= 0.6 is 11.8 Å². The van der Waals surface area contributed by atoms with Crippen molar-refractivity contribution in [2.24, 2.45) is 0 Å². The second-order valence-corrected chi connectivity index (χ2v) is 8.12. The number of aryl methyl sites for hydroxylation is 1. The largest absolute Gasteiger partial charge is 0.353 e. The van der Waals surface area contributed by atoms with Gasteiger partial charge in [0, 0.05) is 16.8 Å². The third-order valence-electron chi connectivity index (χ3n) is 4.95. The minimum absolute atomic E-state index is 0.0519. The lowest BCUT2D eigenvalue weighted by Crippen LogP contribution is -2.27. The molecule has 1 N–H and O–H groups in total. The zero-order valence-electron chi connectivity index (χ0n) is 17.0. The normalized spacial score (nSPS) is 16.2. The zero-order chi connectivity index (χ0) is 21.8. The van der Waals surface area contributed by atoms with E-state index < -0.39 is 11.7 Å². The van der Waals surface area contributed by atoms with Crippen LogP contribution in [-0.2, 0) is 4.79 Å². The molecule has 2 aromatic carbocycles. The molecule has 2 aromatic rings. The highest BCUT2D eigenvalue weighted by atomic mass is 32.2. The van der Waals surface area contributed by atoms with Gasteiger partial charge in [0.1, 0.15) is 5.82 Å². The summed E-state index contributed by atoms with van der Waals surface area (Å²) in [6.07, 6.45) is 0. The van der Waals surface area contributed by atoms with E-state index in [1.165, 1.54) is 30.8 Å². The van der Waals surface area contributed by atoms with Gasteiger partial charge in [-0.2, -0.15) is 5.26 Å². The molecule has 1 aliphatic rings. The summed E-state index contributed by atoms with van der Waals surface area (Å²) in [5, 5.41) is 13.6. The topological polar surface area (TPSA) is 70.0 Å². The first-order chi connectivity index (χ1) is 14.3. The summed E-state index contributed by atoms with van der Waals surface area (Å²) in [5.74, 6) is -1.06. The number of nitriles is 1. The standard InChI is InChI=1S/C24H21FN2O2S/c1-14-4-6-17(7-5-14)21(29)13-30-24-20(12-26)23(18-8-10-19(25)11-9-18)22(16(3)28)15(2)27-24/h4-11,23,27H,13H2,1-3H3. The Morgan fingerprint density at radius 2 is 1.73 bits per heavy atom. The number of ketones is 2. The van der Waals surface area contributed by atoms with Crippen molar-refractivity contribution < 1.29 is 14.0 Å². The lowest BCUT2D eigenvalue weighted by atomic mass is 9.81. The van der Waals surface area contributed by atoms with Gasteiger partial charge in [0.2, 0.25) is 0 Å². The summed E-state index contributed by atoms with van der Waals surface area (Å²) in [5.41, 5.74) is 3.77. The first-order valence-electron chi connectivity index (χ1n) is 9.43. The third-order valence-corrected chi connectivity index (χ3v) is 5.97. The number of benzene rings is 2. The van der Waals surface area contributed by atoms with E-state index in [9.17, 15) is 19.2 Å². The minimum Gasteiger partial charge on any atom is -0.353 e. The number of carbonyl (C=O) groups is 2. The van der Waals surface area contributed by atoms with Crippen molar-refractivity contribution >= 4 is 23.3 Å². The molecule has 0 fully saturated rings. The van der Waals surface area contributed by atoms with Crippen molar-refractivity contribution in [3.05, 3.63) is 92.9 Å². The van der Waals surface area contributed by atoms with E-state index >= 15 is 0 Å². The van der Waals surface area contributed by atoms with Crippen LogP contribution < -0.4 is 5.32 Å². The summed E-state index contributed by atoms with van der Waals surface area (Å²) in [6, 6.07) is 15.3. The first kappa shape index (κ1) is 21.5. The Morgan fingerprint density at radius 1 is 1.10 bits per heavy atom. The fraction of sp³-hybridized carbons (Fsp3) is 0.208. The van der Waals surface area contributed by atoms with Crippen LogP contribution in [0.4, 0.5) is 4.39 Å². The van der Waals surface area contributed by atoms with Gasteiger partial charge in [-0.3, -0.25) is 9.59 Å². The van der Waals surface area contributed by atoms with Crippen LogP contribution in [0.3, 0.4) is 0 Å². The average molecular weight is 421 g/mol. The van der Waals surface area contributed by atoms with Crippen molar-refractivity contribution in [2.45, 2.75) is 26.7 Å². The number of hydrogen-bond acceptors (Lipinski definition) is 5. The van der Waals surface area contributed by atoms with Crippen LogP contribution in [0.5, 0.6) is 0 Å². The monoisotopic (exact) mass is 420 g/mol. The molecular formula is C24H21FN2O2S. The number of dihydropyridines is 1. The van der Waals surface area contributed by atoms with E-state index in [0.29, 0.717) is 33.0 Å². The van der Waals surface area contributed by atoms with Crippen molar-refractivity contribution in [3.8, 4) is 6.07 Å². The molecule has 3 rings (SSSR count). The number of nitrogens with one attached hydrogen (secondary N) is 1. The van der Waals surface area contributed by atoms with Crippen molar-refractivity contribution in [3.63, 3.8) is 0 Å². The lowest BCUT2D eigenvalue weighted by Gasteiger charge is -2.29. The Morgan fingerprint density at radius 3 is 2.30 bits per heavy atom. The van der Waals surface area contributed by atoms with Gasteiger partial charge in [0.05, 0.1) is 28.3 Å². The number of thioether (sulfide) groups is 1. The summed E-state index contributed by atoms with van der Waals surface area (Å²) >= 11 is 1.23.